The van der Waals surface area contributed by atoms with E-state index < -0.39 is 0 Å². The molecule has 0 atom stereocenters. The molecule has 2 N–H and O–H groups in total. The van der Waals surface area contributed by atoms with Crippen molar-refractivity contribution in [1.29, 1.82) is 5.26 Å². The summed E-state index contributed by atoms with van der Waals surface area (Å²) in [5, 5.41) is 12.2. The Balaban J connectivity index is 1.31. The van der Waals surface area contributed by atoms with Crippen LogP contribution >= 0.6 is 0 Å². The average Bonchev–Trinajstić information content (AvgIpc) is 3.17. The molecule has 27 heavy (non-hydrogen) atoms. The topological polar surface area (TPSA) is 75.8 Å². The van der Waals surface area contributed by atoms with E-state index in [0.29, 0.717) is 11.5 Å². The first-order chi connectivity index (χ1) is 13.2. The number of nitrogens with one attached hydrogen (secondary N) is 2. The van der Waals surface area contributed by atoms with Crippen LogP contribution in [-0.2, 0) is 11.3 Å². The van der Waals surface area contributed by atoms with E-state index in [2.05, 4.69) is 11.4 Å². The maximum Gasteiger partial charge on any atom is 0.231 e. The monoisotopic (exact) mass is 364 g/mol. The lowest BCUT2D eigenvalue weighted by molar-refractivity contribution is -0.919. The van der Waals surface area contributed by atoms with Gasteiger partial charge < -0.3 is 19.7 Å². The molecule has 6 nitrogen and oxygen atoms in total. The number of carbonyl (C=O) groups excluding carboxylic acids is 1. The SMILES string of the molecule is N#Cc1ccccc1C[NH+]1CCC(C(=O)Nc2ccc3c(c2)OCO3)CC1. The van der Waals surface area contributed by atoms with E-state index in [9.17, 15) is 10.1 Å². The minimum Gasteiger partial charge on any atom is -0.454 e. The zero-order chi connectivity index (χ0) is 18.6. The van der Waals surface area contributed by atoms with Gasteiger partial charge in [0.1, 0.15) is 6.54 Å². The number of nitrogens with zero attached hydrogens (tertiary/aromatic N) is 1. The molecule has 2 aromatic rings. The number of hydrogen-bond donors (Lipinski definition) is 2. The standard InChI is InChI=1S/C21H21N3O3/c22-12-16-3-1-2-4-17(16)13-24-9-7-15(8-10-24)21(25)23-18-5-6-19-20(11-18)27-14-26-19/h1-6,11,15H,7-10,13-14H2,(H,23,25)/p+1. The van der Waals surface area contributed by atoms with Crippen molar-refractivity contribution >= 4 is 11.6 Å². The van der Waals surface area contributed by atoms with Crippen molar-refractivity contribution in [1.82, 2.24) is 0 Å². The molecule has 1 fully saturated rings. The molecule has 0 radical (unpaired) electrons. The van der Waals surface area contributed by atoms with E-state index in [1.54, 1.807) is 6.07 Å². The summed E-state index contributed by atoms with van der Waals surface area (Å²) in [4.78, 5) is 14.0. The van der Waals surface area contributed by atoms with Gasteiger partial charge in [0.15, 0.2) is 11.5 Å². The number of likely N-dealkylation sites (tertiary alicyclic amines) is 1. The highest BCUT2D eigenvalue weighted by atomic mass is 16.7. The molecule has 0 aromatic heterocycles. The van der Waals surface area contributed by atoms with Gasteiger partial charge in [-0.25, -0.2) is 0 Å². The Hall–Kier alpha value is -3.04. The van der Waals surface area contributed by atoms with E-state index >= 15 is 0 Å². The van der Waals surface area contributed by atoms with Crippen molar-refractivity contribution in [3.8, 4) is 17.6 Å². The third-order valence-corrected chi connectivity index (χ3v) is 5.28. The Bertz CT molecular complexity index is 882. The van der Waals surface area contributed by atoms with E-state index in [0.717, 1.165) is 49.3 Å². The van der Waals surface area contributed by atoms with Crippen molar-refractivity contribution in [3.05, 3.63) is 53.6 Å². The second kappa shape index (κ2) is 7.68. The van der Waals surface area contributed by atoms with Crippen molar-refractivity contribution in [2.45, 2.75) is 19.4 Å². The Labute approximate surface area is 158 Å². The lowest BCUT2D eigenvalue weighted by atomic mass is 9.95. The molecule has 1 saturated heterocycles. The third kappa shape index (κ3) is 3.88. The van der Waals surface area contributed by atoms with E-state index in [1.165, 1.54) is 4.90 Å². The van der Waals surface area contributed by atoms with Crippen LogP contribution in [0.25, 0.3) is 0 Å². The highest BCUT2D eigenvalue weighted by molar-refractivity contribution is 5.92. The Morgan fingerprint density at radius 2 is 1.93 bits per heavy atom. The molecule has 2 aliphatic rings. The molecular weight excluding hydrogens is 342 g/mol. The smallest absolute Gasteiger partial charge is 0.231 e. The average molecular weight is 364 g/mol. The van der Waals surface area contributed by atoms with Crippen molar-refractivity contribution in [3.63, 3.8) is 0 Å². The molecule has 6 heteroatoms. The largest absolute Gasteiger partial charge is 0.454 e. The summed E-state index contributed by atoms with van der Waals surface area (Å²) < 4.78 is 10.6. The van der Waals surface area contributed by atoms with Gasteiger partial charge in [0, 0.05) is 36.1 Å². The normalized spacial score (nSPS) is 20.7. The molecule has 138 valence electrons. The van der Waals surface area contributed by atoms with Gasteiger partial charge in [0.25, 0.3) is 0 Å². The third-order valence-electron chi connectivity index (χ3n) is 5.28. The molecule has 2 heterocycles. The number of benzene rings is 2. The van der Waals surface area contributed by atoms with Gasteiger partial charge in [-0.1, -0.05) is 18.2 Å². The first-order valence-corrected chi connectivity index (χ1v) is 9.25. The van der Waals surface area contributed by atoms with Crippen LogP contribution in [-0.4, -0.2) is 25.8 Å². The zero-order valence-corrected chi connectivity index (χ0v) is 15.0. The maximum absolute atomic E-state index is 12.6. The van der Waals surface area contributed by atoms with Gasteiger partial charge in [0.2, 0.25) is 12.7 Å². The molecule has 2 aromatic carbocycles. The summed E-state index contributed by atoms with van der Waals surface area (Å²) in [6.07, 6.45) is 1.70. The van der Waals surface area contributed by atoms with E-state index in [-0.39, 0.29) is 18.6 Å². The van der Waals surface area contributed by atoms with E-state index in [4.69, 9.17) is 9.47 Å². The van der Waals surface area contributed by atoms with E-state index in [1.807, 2.05) is 36.4 Å². The first-order valence-electron chi connectivity index (χ1n) is 9.25. The molecule has 0 saturated carbocycles. The van der Waals surface area contributed by atoms with Gasteiger partial charge in [-0.05, 0) is 18.2 Å². The zero-order valence-electron chi connectivity index (χ0n) is 15.0. The number of piperidine rings is 1. The molecule has 0 unspecified atom stereocenters. The molecule has 4 rings (SSSR count). The minimum absolute atomic E-state index is 0.0189. The van der Waals surface area contributed by atoms with Crippen LogP contribution in [0, 0.1) is 17.2 Å². The fourth-order valence-electron chi connectivity index (χ4n) is 3.74. The number of anilines is 1. The highest BCUT2D eigenvalue weighted by Crippen LogP contribution is 2.34. The number of carbonyl (C=O) groups is 1. The Kier molecular flexibility index (Phi) is 4.95. The molecule has 0 aliphatic carbocycles. The molecule has 1 amide bonds. The van der Waals surface area contributed by atoms with Crippen LogP contribution in [0.4, 0.5) is 5.69 Å². The number of hydrogen-bond acceptors (Lipinski definition) is 4. The van der Waals surface area contributed by atoms with Crippen LogP contribution in [0.3, 0.4) is 0 Å². The number of rotatable bonds is 4. The van der Waals surface area contributed by atoms with Crippen LogP contribution in [0.2, 0.25) is 0 Å². The van der Waals surface area contributed by atoms with Crippen molar-refractivity contribution in [2.24, 2.45) is 5.92 Å². The van der Waals surface area contributed by atoms with Gasteiger partial charge in [0.05, 0.1) is 24.7 Å². The fourth-order valence-corrected chi connectivity index (χ4v) is 3.74. The van der Waals surface area contributed by atoms with Crippen LogP contribution in [0.5, 0.6) is 11.5 Å². The summed E-state index contributed by atoms with van der Waals surface area (Å²) in [7, 11) is 0. The number of ether oxygens (including phenoxy) is 2. The Morgan fingerprint density at radius 3 is 2.74 bits per heavy atom. The summed E-state index contributed by atoms with van der Waals surface area (Å²) in [5.41, 5.74) is 2.56. The summed E-state index contributed by atoms with van der Waals surface area (Å²) in [6, 6.07) is 15.5. The molecule has 0 spiro atoms. The predicted molar refractivity (Wildman–Crippen MR) is 99.5 cm³/mol. The fraction of sp³-hybridized carbons (Fsp3) is 0.333. The van der Waals surface area contributed by atoms with Crippen molar-refractivity contribution in [2.75, 3.05) is 25.2 Å². The quantitative estimate of drug-likeness (QED) is 0.866. The molecule has 2 aliphatic heterocycles. The first kappa shape index (κ1) is 17.4. The lowest BCUT2D eigenvalue weighted by Gasteiger charge is -2.28. The number of quaternary nitrogens is 1. The van der Waals surface area contributed by atoms with Gasteiger partial charge in [-0.2, -0.15) is 5.26 Å². The predicted octanol–water partition coefficient (Wildman–Crippen LogP) is 1.72. The van der Waals surface area contributed by atoms with Gasteiger partial charge in [-0.15, -0.1) is 0 Å². The maximum atomic E-state index is 12.6. The lowest BCUT2D eigenvalue weighted by Crippen LogP contribution is -3.11. The summed E-state index contributed by atoms with van der Waals surface area (Å²) in [5.74, 6) is 1.46. The Morgan fingerprint density at radius 1 is 1.15 bits per heavy atom. The number of amides is 1. The van der Waals surface area contributed by atoms with Gasteiger partial charge in [-0.3, -0.25) is 4.79 Å². The van der Waals surface area contributed by atoms with Crippen LogP contribution in [0.15, 0.2) is 42.5 Å². The minimum atomic E-state index is 0.0189. The highest BCUT2D eigenvalue weighted by Gasteiger charge is 2.28. The number of fused-ring (bicyclic) bond motifs is 1. The van der Waals surface area contributed by atoms with Crippen LogP contribution < -0.4 is 19.7 Å². The summed E-state index contributed by atoms with van der Waals surface area (Å²) >= 11 is 0. The number of nitriles is 1. The van der Waals surface area contributed by atoms with Gasteiger partial charge >= 0.3 is 0 Å². The summed E-state index contributed by atoms with van der Waals surface area (Å²) in [6.45, 7) is 2.92. The molecule has 0 bridgehead atoms. The molecular formula is C21H22N3O3+. The second-order valence-corrected chi connectivity index (χ2v) is 7.03. The second-order valence-electron chi connectivity index (χ2n) is 7.03. The van der Waals surface area contributed by atoms with Crippen molar-refractivity contribution < 1.29 is 19.2 Å². The van der Waals surface area contributed by atoms with Crippen LogP contribution in [0.1, 0.15) is 24.0 Å².